The molecule has 0 fully saturated rings. The number of carbonyl (C=O) groups excluding carboxylic acids is 1. The Kier molecular flexibility index (Phi) is 5.18. The summed E-state index contributed by atoms with van der Waals surface area (Å²) in [5, 5.41) is 23.5. The summed E-state index contributed by atoms with van der Waals surface area (Å²) >= 11 is 0. The van der Waals surface area contributed by atoms with Gasteiger partial charge in [-0.1, -0.05) is 19.9 Å². The van der Waals surface area contributed by atoms with Crippen molar-refractivity contribution in [3.63, 3.8) is 0 Å². The minimum atomic E-state index is -0.470. The van der Waals surface area contributed by atoms with E-state index < -0.39 is 10.8 Å². The second-order valence-electron chi connectivity index (χ2n) is 5.80. The first-order valence-corrected chi connectivity index (χ1v) is 7.72. The third kappa shape index (κ3) is 3.71. The van der Waals surface area contributed by atoms with E-state index >= 15 is 0 Å². The van der Waals surface area contributed by atoms with Crippen LogP contribution < -0.4 is 5.32 Å². The van der Waals surface area contributed by atoms with Crippen LogP contribution in [0.3, 0.4) is 0 Å². The number of nitro groups is 1. The maximum Gasteiger partial charge on any atom is 0.272 e. The molecule has 1 amide bonds. The first-order valence-electron chi connectivity index (χ1n) is 7.72. The van der Waals surface area contributed by atoms with E-state index in [0.717, 1.165) is 12.0 Å². The number of hydrogen-bond donors (Lipinski definition) is 2. The van der Waals surface area contributed by atoms with Crippen molar-refractivity contribution in [1.29, 1.82) is 0 Å². The van der Waals surface area contributed by atoms with Gasteiger partial charge < -0.3 is 10.4 Å². The fourth-order valence-corrected chi connectivity index (χ4v) is 2.41. The fourth-order valence-electron chi connectivity index (χ4n) is 2.41. The van der Waals surface area contributed by atoms with Gasteiger partial charge in [-0.05, 0) is 49.1 Å². The lowest BCUT2D eigenvalue weighted by Gasteiger charge is -2.13. The number of amides is 1. The molecule has 24 heavy (non-hydrogen) atoms. The quantitative estimate of drug-likeness (QED) is 0.629. The lowest BCUT2D eigenvalue weighted by Crippen LogP contribution is -2.13. The summed E-state index contributed by atoms with van der Waals surface area (Å²) in [7, 11) is 0. The zero-order valence-corrected chi connectivity index (χ0v) is 13.9. The number of benzene rings is 2. The maximum atomic E-state index is 12.4. The summed E-state index contributed by atoms with van der Waals surface area (Å²) in [5.74, 6) is -0.275. The van der Waals surface area contributed by atoms with Crippen molar-refractivity contribution in [3.8, 4) is 5.75 Å². The summed E-state index contributed by atoms with van der Waals surface area (Å²) in [5.41, 5.74) is 2.05. The van der Waals surface area contributed by atoms with Crippen LogP contribution in [0, 0.1) is 17.0 Å². The summed E-state index contributed by atoms with van der Waals surface area (Å²) in [4.78, 5) is 22.8. The minimum Gasteiger partial charge on any atom is -0.507 e. The van der Waals surface area contributed by atoms with Gasteiger partial charge in [0, 0.05) is 17.3 Å². The average molecular weight is 328 g/mol. The molecule has 6 nitrogen and oxygen atoms in total. The summed E-state index contributed by atoms with van der Waals surface area (Å²) in [6.45, 7) is 5.71. The van der Waals surface area contributed by atoms with E-state index in [1.165, 1.54) is 24.3 Å². The van der Waals surface area contributed by atoms with Gasteiger partial charge in [-0.3, -0.25) is 14.9 Å². The molecule has 6 heteroatoms. The number of hydrogen-bond acceptors (Lipinski definition) is 4. The summed E-state index contributed by atoms with van der Waals surface area (Å²) in [6.07, 6.45) is 0.924. The van der Waals surface area contributed by atoms with Gasteiger partial charge in [0.15, 0.2) is 0 Å². The van der Waals surface area contributed by atoms with Crippen molar-refractivity contribution in [1.82, 2.24) is 0 Å². The maximum absolute atomic E-state index is 12.4. The van der Waals surface area contributed by atoms with Gasteiger partial charge in [-0.25, -0.2) is 0 Å². The third-order valence-electron chi connectivity index (χ3n) is 4.10. The number of aromatic hydroxyl groups is 1. The summed E-state index contributed by atoms with van der Waals surface area (Å²) in [6, 6.07) is 9.34. The topological polar surface area (TPSA) is 92.5 Å². The molecular formula is C18H20N2O4. The van der Waals surface area contributed by atoms with Crippen LogP contribution >= 0.6 is 0 Å². The number of nitro benzene ring substituents is 1. The van der Waals surface area contributed by atoms with Gasteiger partial charge in [0.2, 0.25) is 0 Å². The van der Waals surface area contributed by atoms with E-state index in [9.17, 15) is 20.0 Å². The van der Waals surface area contributed by atoms with Crippen molar-refractivity contribution in [3.05, 3.63) is 63.2 Å². The summed E-state index contributed by atoms with van der Waals surface area (Å²) < 4.78 is 0. The number of anilines is 1. The van der Waals surface area contributed by atoms with Crippen molar-refractivity contribution in [2.75, 3.05) is 5.32 Å². The highest BCUT2D eigenvalue weighted by atomic mass is 16.6. The molecule has 2 rings (SSSR count). The van der Waals surface area contributed by atoms with Crippen LogP contribution in [0.25, 0.3) is 0 Å². The van der Waals surface area contributed by atoms with Crippen LogP contribution in [0.2, 0.25) is 0 Å². The van der Waals surface area contributed by atoms with Gasteiger partial charge in [0.05, 0.1) is 10.5 Å². The molecule has 126 valence electrons. The van der Waals surface area contributed by atoms with Crippen molar-refractivity contribution in [2.24, 2.45) is 0 Å². The zero-order chi connectivity index (χ0) is 17.9. The third-order valence-corrected chi connectivity index (χ3v) is 4.10. The first kappa shape index (κ1) is 17.5. The second-order valence-corrected chi connectivity index (χ2v) is 5.80. The van der Waals surface area contributed by atoms with Crippen LogP contribution in [0.1, 0.15) is 47.7 Å². The minimum absolute atomic E-state index is 0.00499. The van der Waals surface area contributed by atoms with Gasteiger partial charge in [0.25, 0.3) is 11.6 Å². The SMILES string of the molecule is CCC(C)c1ccc(O)c(C(=O)Nc2ccc([N+](=O)[O-])c(C)c2)c1. The molecule has 2 N–H and O–H groups in total. The molecule has 0 aliphatic carbocycles. The first-order chi connectivity index (χ1) is 11.3. The molecule has 0 saturated carbocycles. The smallest absolute Gasteiger partial charge is 0.272 e. The van der Waals surface area contributed by atoms with E-state index in [4.69, 9.17) is 0 Å². The lowest BCUT2D eigenvalue weighted by atomic mass is 9.96. The number of nitrogens with zero attached hydrogens (tertiary/aromatic N) is 1. The Bertz CT molecular complexity index is 787. The molecule has 0 aliphatic rings. The second kappa shape index (κ2) is 7.12. The number of nitrogens with one attached hydrogen (secondary N) is 1. The molecule has 0 saturated heterocycles. The molecule has 0 heterocycles. The predicted octanol–water partition coefficient (Wildman–Crippen LogP) is 4.37. The molecule has 1 unspecified atom stereocenters. The largest absolute Gasteiger partial charge is 0.507 e. The Labute approximate surface area is 140 Å². The van der Waals surface area contributed by atoms with Crippen LogP contribution in [-0.2, 0) is 0 Å². The normalized spacial score (nSPS) is 11.8. The Balaban J connectivity index is 2.27. The van der Waals surface area contributed by atoms with Crippen molar-refractivity contribution >= 4 is 17.3 Å². The highest BCUT2D eigenvalue weighted by Crippen LogP contribution is 2.27. The number of rotatable bonds is 5. The standard InChI is InChI=1S/C18H20N2O4/c1-4-11(2)13-5-8-17(21)15(10-13)18(22)19-14-6-7-16(20(23)24)12(3)9-14/h5-11,21H,4H2,1-3H3,(H,19,22). The zero-order valence-electron chi connectivity index (χ0n) is 13.9. The molecule has 0 bridgehead atoms. The highest BCUT2D eigenvalue weighted by molar-refractivity contribution is 6.06. The van der Waals surface area contributed by atoms with E-state index in [-0.39, 0.29) is 22.9 Å². The number of aryl methyl sites for hydroxylation is 1. The molecule has 0 spiro atoms. The Hall–Kier alpha value is -2.89. The highest BCUT2D eigenvalue weighted by Gasteiger charge is 2.16. The predicted molar refractivity (Wildman–Crippen MR) is 92.6 cm³/mol. The molecule has 0 radical (unpaired) electrons. The number of carbonyl (C=O) groups is 1. The van der Waals surface area contributed by atoms with Gasteiger partial charge >= 0.3 is 0 Å². The molecule has 1 atom stereocenters. The van der Waals surface area contributed by atoms with E-state index in [1.807, 2.05) is 6.92 Å². The van der Waals surface area contributed by atoms with E-state index in [1.54, 1.807) is 19.1 Å². The molecule has 0 aromatic heterocycles. The lowest BCUT2D eigenvalue weighted by molar-refractivity contribution is -0.385. The molecule has 2 aromatic rings. The van der Waals surface area contributed by atoms with Crippen LogP contribution in [-0.4, -0.2) is 15.9 Å². The average Bonchev–Trinajstić information content (AvgIpc) is 2.54. The molecule has 2 aromatic carbocycles. The van der Waals surface area contributed by atoms with Crippen molar-refractivity contribution < 1.29 is 14.8 Å². The molecule has 0 aliphatic heterocycles. The van der Waals surface area contributed by atoms with Gasteiger partial charge in [-0.2, -0.15) is 0 Å². The Morgan fingerprint density at radius 1 is 1.29 bits per heavy atom. The molecular weight excluding hydrogens is 308 g/mol. The monoisotopic (exact) mass is 328 g/mol. The number of phenolic OH excluding ortho intramolecular Hbond substituents is 1. The van der Waals surface area contributed by atoms with Gasteiger partial charge in [0.1, 0.15) is 5.75 Å². The van der Waals surface area contributed by atoms with Crippen LogP contribution in [0.5, 0.6) is 5.75 Å². The van der Waals surface area contributed by atoms with Gasteiger partial charge in [-0.15, -0.1) is 0 Å². The number of phenols is 1. The van der Waals surface area contributed by atoms with E-state index in [0.29, 0.717) is 11.3 Å². The fraction of sp³-hybridized carbons (Fsp3) is 0.278. The van der Waals surface area contributed by atoms with Crippen LogP contribution in [0.4, 0.5) is 11.4 Å². The van der Waals surface area contributed by atoms with Crippen molar-refractivity contribution in [2.45, 2.75) is 33.1 Å². The Morgan fingerprint density at radius 3 is 2.58 bits per heavy atom. The Morgan fingerprint density at radius 2 is 2.00 bits per heavy atom. The van der Waals surface area contributed by atoms with E-state index in [2.05, 4.69) is 12.2 Å². The van der Waals surface area contributed by atoms with Crippen LogP contribution in [0.15, 0.2) is 36.4 Å².